The third-order valence-corrected chi connectivity index (χ3v) is 21.0. The van der Waals surface area contributed by atoms with Crippen LogP contribution < -0.4 is 96.5 Å². The molecule has 0 spiro atoms. The number of hydrogen-bond donors (Lipinski definition) is 2. The maximum atomic E-state index is 10.9. The third-order valence-electron chi connectivity index (χ3n) is 17.3. The Labute approximate surface area is 761 Å². The summed E-state index contributed by atoms with van der Waals surface area (Å²) in [7, 11) is 12.0. The Hall–Kier alpha value is -7.82. The average molecular weight is 1970 g/mol. The Morgan fingerprint density at radius 1 is 0.383 bits per heavy atom. The van der Waals surface area contributed by atoms with Gasteiger partial charge in [0.1, 0.15) is 0 Å². The van der Waals surface area contributed by atoms with Crippen LogP contribution in [0.2, 0.25) is 0 Å². The zero-order valence-corrected chi connectivity index (χ0v) is 78.8. The van der Waals surface area contributed by atoms with Gasteiger partial charge in [-0.2, -0.15) is 9.90 Å². The van der Waals surface area contributed by atoms with E-state index in [9.17, 15) is 9.59 Å². The molecule has 11 nitrogen and oxygen atoms in total. The Bertz CT molecular complexity index is 4940. The first-order valence-electron chi connectivity index (χ1n) is 37.3. The summed E-state index contributed by atoms with van der Waals surface area (Å²) in [6.45, 7) is 6.70. The fourth-order valence-electron chi connectivity index (χ4n) is 11.7. The van der Waals surface area contributed by atoms with E-state index < -0.39 is 7.12 Å². The molecule has 0 bridgehead atoms. The van der Waals surface area contributed by atoms with Crippen LogP contribution >= 0.6 is 59.8 Å². The maximum Gasteiger partial charge on any atom is 0.499 e. The van der Waals surface area contributed by atoms with E-state index in [1.54, 1.807) is 6.07 Å². The van der Waals surface area contributed by atoms with Gasteiger partial charge in [0, 0.05) is 121 Å². The number of thiophene rings is 3. The SMILES string of the molecule is Brc1ccc(N(c2ccccc2)c2ccccc2)cc1.C[N+](C)(C)CCC[n+]1ccc(/C=C/c2ccc(-c3ccc(N(c4ccccc4)c4ccccc4)cc3)s2)cc1.Cc1cc[n+](CCC[N+](C)(C)C)cc1.O=Cc1ccc(-c2ccc(N(c3ccccc3)c3ccccc3)cc2)s1.O=Cc1ccc(B(O)O)s1.P.[3H][3H].[Br-].[Br-].[Br-].[Br-].[V]. The minimum atomic E-state index is -1.46. The van der Waals surface area contributed by atoms with Crippen molar-refractivity contribution >= 4 is 148 Å². The largest absolute Gasteiger partial charge is 1.00 e. The first-order valence-corrected chi connectivity index (χ1v) is 39.6. The molecule has 9 aromatic carbocycles. The Balaban J connectivity index is 0.000000397. The van der Waals surface area contributed by atoms with Gasteiger partial charge in [-0.3, -0.25) is 9.59 Å². The second-order valence-electron chi connectivity index (χ2n) is 27.9. The number of anilines is 9. The van der Waals surface area contributed by atoms with Crippen LogP contribution in [0.1, 0.15) is 51.2 Å². The normalized spacial score (nSPS) is 10.4. The van der Waals surface area contributed by atoms with Gasteiger partial charge < -0.3 is 102 Å². The zero-order chi connectivity index (χ0) is 78.8. The molecule has 0 fully saturated rings. The van der Waals surface area contributed by atoms with Crippen LogP contribution in [0.25, 0.3) is 33.0 Å². The van der Waals surface area contributed by atoms with E-state index in [-0.39, 0.29) is 96.4 Å². The van der Waals surface area contributed by atoms with E-state index in [1.807, 2.05) is 72.0 Å². The molecule has 1 unspecified atom stereocenters. The smallest absolute Gasteiger partial charge is 0.499 e. The van der Waals surface area contributed by atoms with E-state index >= 15 is 0 Å². The van der Waals surface area contributed by atoms with Gasteiger partial charge >= 0.3 is 7.12 Å². The molecule has 597 valence electrons. The minimum Gasteiger partial charge on any atom is -1.00 e. The van der Waals surface area contributed by atoms with Crippen molar-refractivity contribution in [2.75, 3.05) is 70.1 Å². The Morgan fingerprint density at radius 2 is 0.670 bits per heavy atom. The van der Waals surface area contributed by atoms with Crippen molar-refractivity contribution in [1.82, 2.24) is 0 Å². The number of hydrogen-bond acceptors (Lipinski definition) is 10. The fourth-order valence-corrected chi connectivity index (χ4v) is 14.4. The van der Waals surface area contributed by atoms with Crippen LogP contribution in [0.3, 0.4) is 0 Å². The first kappa shape index (κ1) is 97.8. The molecule has 115 heavy (non-hydrogen) atoms. The summed E-state index contributed by atoms with van der Waals surface area (Å²) in [4.78, 5) is 32.6. The maximum absolute atomic E-state index is 10.9. The summed E-state index contributed by atoms with van der Waals surface area (Å²) in [5.41, 5.74) is 15.1. The summed E-state index contributed by atoms with van der Waals surface area (Å²) < 4.78 is 18.1. The molecule has 5 heterocycles. The van der Waals surface area contributed by atoms with E-state index in [0.29, 0.717) is 15.9 Å². The summed E-state index contributed by atoms with van der Waals surface area (Å²) in [6.07, 6.45) is 17.1. The van der Waals surface area contributed by atoms with Crippen molar-refractivity contribution in [3.8, 4) is 20.9 Å². The van der Waals surface area contributed by atoms with Crippen molar-refractivity contribution in [1.29, 1.82) is 0 Å². The number of nitrogens with zero attached hydrogens (tertiary/aromatic N) is 7. The number of carbonyl (C=O) groups is 2. The number of benzene rings is 9. The topological polar surface area (TPSA) is 92.1 Å². The standard InChI is InChI=1S/C35H37N3S.C23H17NOS.C18H14BrN.C12H22N2.C5H5BO3S.4BrH.H3P.V.H2/c1-38(2,3)28-10-25-36-26-23-29(24-27-36)15-20-34-21-22-35(39-34)30-16-18-33(19-17-30)37(31-11-6-4-7-12-31)32-13-8-5-9-14-32;25-17-22-15-16-23(26-22)18-11-13-21(14-12-18)24(19-7-3-1-4-8-19)20-9-5-2-6-10-20;19-15-11-13-18(14-12-15)20(16-7-3-1-4-8-16)17-9-5-2-6-10-17;1-12-6-9-13(10-7-12)8-5-11-14(2,3)4;7-3-4-1-2-5(10-4)6(8)9;;;;;;;/h4-9,11-24,26-27H,10,25,28H2,1-3H3;1-17H;1-14H;6-7,9-10H,5,8,11H2,1-4H3;1-3,8-9H;4*1H;1H3;;1H/q+2;;;+2;;;;;;;;/p-4/i;;;;;;;;;;;1+2T. The van der Waals surface area contributed by atoms with Gasteiger partial charge in [-0.1, -0.05) is 162 Å². The summed E-state index contributed by atoms with van der Waals surface area (Å²) in [5.74, 6) is 0. The Kier molecular flexibility index (Phi) is 43.7. The number of carbonyl (C=O) groups excluding carboxylic acids is 2. The van der Waals surface area contributed by atoms with Gasteiger partial charge in [0.15, 0.2) is 50.4 Å². The van der Waals surface area contributed by atoms with Crippen LogP contribution in [0.4, 0.5) is 51.2 Å². The van der Waals surface area contributed by atoms with Crippen molar-refractivity contribution in [2.24, 2.45) is 0 Å². The summed E-state index contributed by atoms with van der Waals surface area (Å²) in [6, 6.07) is 108. The molecule has 1 atom stereocenters. The molecule has 0 aliphatic heterocycles. The Morgan fingerprint density at radius 3 is 0.965 bits per heavy atom. The molecule has 5 aromatic heterocycles. The van der Waals surface area contributed by atoms with Crippen LogP contribution in [0.15, 0.2) is 345 Å². The monoisotopic (exact) mass is 1970 g/mol. The van der Waals surface area contributed by atoms with Gasteiger partial charge in [0.25, 0.3) is 0 Å². The second kappa shape index (κ2) is 51.4. The molecular formula is C93H100BBr5N7O4PS3V. The van der Waals surface area contributed by atoms with E-state index in [1.165, 1.54) is 69.8 Å². The van der Waals surface area contributed by atoms with E-state index in [2.05, 4.69) is 369 Å². The first-order chi connectivity index (χ1) is 53.8. The zero-order valence-electron chi connectivity index (χ0n) is 67.6. The number of rotatable bonds is 24. The van der Waals surface area contributed by atoms with E-state index in [4.69, 9.17) is 13.0 Å². The summed E-state index contributed by atoms with van der Waals surface area (Å²) in [5, 5.41) is 17.2. The third kappa shape index (κ3) is 32.5. The van der Waals surface area contributed by atoms with Crippen molar-refractivity contribution in [3.05, 3.63) is 370 Å². The van der Waals surface area contributed by atoms with Gasteiger partial charge in [-0.15, -0.1) is 34.0 Å². The average Bonchev–Trinajstić information content (AvgIpc) is 1.11. The second-order valence-corrected chi connectivity index (χ2v) is 32.2. The quantitative estimate of drug-likeness (QED) is 0.0205. The van der Waals surface area contributed by atoms with Gasteiger partial charge in [-0.05, 0) is 187 Å². The number of para-hydroxylation sites is 6. The number of quaternary nitrogens is 2. The number of pyridine rings is 2. The predicted molar refractivity (Wildman–Crippen MR) is 478 cm³/mol. The van der Waals surface area contributed by atoms with Crippen LogP contribution in [-0.2, 0) is 31.6 Å². The molecule has 14 aromatic rings. The molecule has 22 heteroatoms. The number of halogens is 5. The molecule has 0 saturated carbocycles. The van der Waals surface area contributed by atoms with Crippen molar-refractivity contribution in [2.45, 2.75) is 32.9 Å². The van der Waals surface area contributed by atoms with Crippen LogP contribution in [0.5, 0.6) is 0 Å². The predicted octanol–water partition coefficient (Wildman–Crippen LogP) is 9.99. The van der Waals surface area contributed by atoms with Crippen molar-refractivity contribution < 1.29 is 127 Å². The molecule has 0 saturated heterocycles. The van der Waals surface area contributed by atoms with Gasteiger partial charge in [0.05, 0.1) is 78.0 Å². The fraction of sp³-hybridized carbons (Fsp3) is 0.140. The molecule has 0 aliphatic rings. The molecule has 0 aliphatic carbocycles. The van der Waals surface area contributed by atoms with Gasteiger partial charge in [-0.25, -0.2) is 9.13 Å². The van der Waals surface area contributed by atoms with Gasteiger partial charge in [0.2, 0.25) is 0 Å². The molecular weight excluding hydrogens is 1870 g/mol. The molecule has 2 N–H and O–H groups in total. The minimum absolute atomic E-state index is 0. The molecule has 0 amide bonds. The summed E-state index contributed by atoms with van der Waals surface area (Å²) >= 11 is 7.89. The van der Waals surface area contributed by atoms with Crippen molar-refractivity contribution in [3.63, 3.8) is 0 Å². The molecule has 14 rings (SSSR count). The number of aromatic nitrogens is 2. The number of aryl methyl sites for hydroxylation is 3. The number of aldehydes is 2. The van der Waals surface area contributed by atoms with Crippen LogP contribution in [0, 0.1) is 6.92 Å². The molecule has 1 radical (unpaired) electrons. The van der Waals surface area contributed by atoms with E-state index in [0.717, 1.165) is 111 Å². The van der Waals surface area contributed by atoms with Crippen LogP contribution in [-0.4, -0.2) is 94.1 Å².